The predicted molar refractivity (Wildman–Crippen MR) is 97.6 cm³/mol. The van der Waals surface area contributed by atoms with Crippen molar-refractivity contribution in [3.63, 3.8) is 0 Å². The highest BCUT2D eigenvalue weighted by molar-refractivity contribution is 5.74. The highest BCUT2D eigenvalue weighted by Crippen LogP contribution is 2.36. The van der Waals surface area contributed by atoms with Crippen LogP contribution >= 0.6 is 0 Å². The molecule has 1 fully saturated rings. The minimum absolute atomic E-state index is 0.0642. The Balaban J connectivity index is 1.33. The van der Waals surface area contributed by atoms with Gasteiger partial charge in [0, 0.05) is 38.0 Å². The Kier molecular flexibility index (Phi) is 4.36. The lowest BCUT2D eigenvalue weighted by molar-refractivity contribution is 0.0496. The number of urea groups is 1. The first-order valence-corrected chi connectivity index (χ1v) is 9.06. The molecule has 7 heteroatoms. The van der Waals surface area contributed by atoms with Crippen molar-refractivity contribution in [1.82, 2.24) is 25.0 Å². The third-order valence-electron chi connectivity index (χ3n) is 5.09. The molecule has 7 nitrogen and oxygen atoms in total. The topological polar surface area (TPSA) is 72.3 Å². The van der Waals surface area contributed by atoms with Gasteiger partial charge >= 0.3 is 6.03 Å². The number of nitrogens with one attached hydrogen (secondary N) is 1. The number of carbonyl (C=O) groups excluding carboxylic acids is 1. The monoisotopic (exact) mass is 353 g/mol. The summed E-state index contributed by atoms with van der Waals surface area (Å²) in [6.07, 6.45) is 7.37. The van der Waals surface area contributed by atoms with Gasteiger partial charge in [-0.2, -0.15) is 5.10 Å². The van der Waals surface area contributed by atoms with Crippen LogP contribution in [0.4, 0.5) is 4.79 Å². The first kappa shape index (κ1) is 16.6. The van der Waals surface area contributed by atoms with Crippen LogP contribution in [0.2, 0.25) is 0 Å². The maximum atomic E-state index is 12.5. The summed E-state index contributed by atoms with van der Waals surface area (Å²) < 4.78 is 8.05. The van der Waals surface area contributed by atoms with Gasteiger partial charge in [-0.15, -0.1) is 0 Å². The van der Waals surface area contributed by atoms with Crippen LogP contribution in [0, 0.1) is 0 Å². The van der Waals surface area contributed by atoms with E-state index in [1.54, 1.807) is 4.68 Å². The normalized spacial score (nSPS) is 17.7. The summed E-state index contributed by atoms with van der Waals surface area (Å²) in [4.78, 5) is 18.5. The van der Waals surface area contributed by atoms with Crippen LogP contribution in [-0.4, -0.2) is 44.4 Å². The van der Waals surface area contributed by atoms with Crippen molar-refractivity contribution in [3.05, 3.63) is 48.1 Å². The molecule has 3 heterocycles. The number of nitrogens with zero attached hydrogens (tertiary/aromatic N) is 4. The van der Waals surface area contributed by atoms with Crippen LogP contribution in [-0.2, 0) is 13.1 Å². The van der Waals surface area contributed by atoms with E-state index in [-0.39, 0.29) is 11.6 Å². The van der Waals surface area contributed by atoms with E-state index < -0.39 is 0 Å². The average molecular weight is 353 g/mol. The molecule has 0 unspecified atom stereocenters. The number of para-hydroxylation sites is 1. The van der Waals surface area contributed by atoms with Crippen LogP contribution in [0.25, 0.3) is 6.08 Å². The Morgan fingerprint density at radius 1 is 1.31 bits per heavy atom. The molecule has 1 aromatic heterocycles. The third kappa shape index (κ3) is 3.16. The minimum Gasteiger partial charge on any atom is -0.482 e. The molecule has 2 aliphatic heterocycles. The van der Waals surface area contributed by atoms with Gasteiger partial charge in [0.05, 0.1) is 6.54 Å². The van der Waals surface area contributed by atoms with Crippen molar-refractivity contribution in [2.75, 3.05) is 13.1 Å². The maximum Gasteiger partial charge on any atom is 0.317 e. The number of hydrogen-bond donors (Lipinski definition) is 1. The predicted octanol–water partition coefficient (Wildman–Crippen LogP) is 2.45. The second-order valence-electron chi connectivity index (χ2n) is 6.68. The maximum absolute atomic E-state index is 12.5. The number of hydrogen-bond acceptors (Lipinski definition) is 4. The molecule has 1 spiro atoms. The molecule has 2 aromatic rings. The largest absolute Gasteiger partial charge is 0.482 e. The van der Waals surface area contributed by atoms with Gasteiger partial charge in [-0.1, -0.05) is 24.3 Å². The second-order valence-corrected chi connectivity index (χ2v) is 6.68. The first-order valence-electron chi connectivity index (χ1n) is 9.06. The van der Waals surface area contributed by atoms with Crippen molar-refractivity contribution >= 4 is 12.1 Å². The number of aryl methyl sites for hydroxylation is 1. The van der Waals surface area contributed by atoms with Gasteiger partial charge < -0.3 is 15.0 Å². The van der Waals surface area contributed by atoms with Gasteiger partial charge in [0.1, 0.15) is 23.5 Å². The molecular weight excluding hydrogens is 330 g/mol. The fraction of sp³-hybridized carbons (Fsp3) is 0.421. The molecule has 4 rings (SSSR count). The molecule has 0 bridgehead atoms. The fourth-order valence-electron chi connectivity index (χ4n) is 3.52. The van der Waals surface area contributed by atoms with E-state index in [9.17, 15) is 4.79 Å². The van der Waals surface area contributed by atoms with Crippen molar-refractivity contribution in [2.45, 2.75) is 38.5 Å². The number of benzene rings is 1. The molecule has 0 atom stereocenters. The molecule has 0 radical (unpaired) electrons. The molecule has 0 aliphatic carbocycles. The van der Waals surface area contributed by atoms with E-state index in [1.807, 2.05) is 30.0 Å². The Hall–Kier alpha value is -2.83. The van der Waals surface area contributed by atoms with Gasteiger partial charge in [-0.05, 0) is 19.1 Å². The third-order valence-corrected chi connectivity index (χ3v) is 5.09. The summed E-state index contributed by atoms with van der Waals surface area (Å²) in [7, 11) is 0. The highest BCUT2D eigenvalue weighted by Gasteiger charge is 2.37. The van der Waals surface area contributed by atoms with Crippen LogP contribution in [0.15, 0.2) is 36.7 Å². The van der Waals surface area contributed by atoms with Crippen molar-refractivity contribution in [2.24, 2.45) is 0 Å². The Morgan fingerprint density at radius 3 is 2.92 bits per heavy atom. The zero-order chi connectivity index (χ0) is 18.0. The lowest BCUT2D eigenvalue weighted by atomic mass is 9.88. The van der Waals surface area contributed by atoms with E-state index >= 15 is 0 Å². The van der Waals surface area contributed by atoms with Crippen LogP contribution in [0.5, 0.6) is 5.75 Å². The van der Waals surface area contributed by atoms with Crippen LogP contribution in [0.1, 0.15) is 31.2 Å². The molecule has 1 aromatic carbocycles. The number of fused-ring (bicyclic) bond motifs is 1. The van der Waals surface area contributed by atoms with Crippen molar-refractivity contribution in [3.8, 4) is 5.75 Å². The Labute approximate surface area is 152 Å². The van der Waals surface area contributed by atoms with Gasteiger partial charge in [0.2, 0.25) is 0 Å². The lowest BCUT2D eigenvalue weighted by Crippen LogP contribution is -2.51. The summed E-state index contributed by atoms with van der Waals surface area (Å²) in [6, 6.07) is 7.99. The summed E-state index contributed by atoms with van der Waals surface area (Å²) in [5.41, 5.74) is 0.811. The standard InChI is InChI=1S/C19H23N5O2/c1-2-24-17(21-14-22-24)13-20-18(25)23-11-9-19(10-12-23)8-7-15-5-3-4-6-16(15)26-19/h3-8,14H,2,9-13H2,1H3,(H,20,25). The van der Waals surface area contributed by atoms with E-state index in [4.69, 9.17) is 4.74 Å². The second kappa shape index (κ2) is 6.82. The Morgan fingerprint density at radius 2 is 2.12 bits per heavy atom. The number of aromatic nitrogens is 3. The Bertz CT molecular complexity index is 821. The van der Waals surface area contributed by atoms with E-state index in [2.05, 4.69) is 33.6 Å². The van der Waals surface area contributed by atoms with E-state index in [1.165, 1.54) is 6.33 Å². The molecule has 0 saturated carbocycles. The summed E-state index contributed by atoms with van der Waals surface area (Å²) >= 11 is 0. The first-order chi connectivity index (χ1) is 12.7. The molecule has 136 valence electrons. The lowest BCUT2D eigenvalue weighted by Gasteiger charge is -2.41. The molecule has 2 aliphatic rings. The zero-order valence-corrected chi connectivity index (χ0v) is 14.9. The summed E-state index contributed by atoms with van der Waals surface area (Å²) in [5.74, 6) is 1.69. The number of piperidine rings is 1. The number of rotatable bonds is 3. The van der Waals surface area contributed by atoms with Gasteiger partial charge in [-0.25, -0.2) is 14.5 Å². The number of likely N-dealkylation sites (tertiary alicyclic amines) is 1. The average Bonchev–Trinajstić information content (AvgIpc) is 3.14. The van der Waals surface area contributed by atoms with Crippen molar-refractivity contribution in [1.29, 1.82) is 0 Å². The molecule has 2 amide bonds. The van der Waals surface area contributed by atoms with Crippen molar-refractivity contribution < 1.29 is 9.53 Å². The van der Waals surface area contributed by atoms with E-state index in [0.717, 1.165) is 36.5 Å². The van der Waals surface area contributed by atoms with Gasteiger partial charge in [0.25, 0.3) is 0 Å². The molecule has 26 heavy (non-hydrogen) atoms. The summed E-state index contributed by atoms with van der Waals surface area (Å²) in [5, 5.41) is 7.06. The molecular formula is C19H23N5O2. The quantitative estimate of drug-likeness (QED) is 0.920. The molecule has 1 N–H and O–H groups in total. The molecule has 1 saturated heterocycles. The smallest absolute Gasteiger partial charge is 0.317 e. The highest BCUT2D eigenvalue weighted by atomic mass is 16.5. The number of ether oxygens (including phenoxy) is 1. The fourth-order valence-corrected chi connectivity index (χ4v) is 3.52. The van der Waals surface area contributed by atoms with Crippen LogP contribution < -0.4 is 10.1 Å². The zero-order valence-electron chi connectivity index (χ0n) is 14.9. The van der Waals surface area contributed by atoms with Gasteiger partial charge in [-0.3, -0.25) is 0 Å². The SMILES string of the molecule is CCn1ncnc1CNC(=O)N1CCC2(C=Cc3ccccc3O2)CC1. The number of amides is 2. The minimum atomic E-state index is -0.298. The van der Waals surface area contributed by atoms with Crippen LogP contribution in [0.3, 0.4) is 0 Å². The summed E-state index contributed by atoms with van der Waals surface area (Å²) in [6.45, 7) is 4.46. The van der Waals surface area contributed by atoms with E-state index in [0.29, 0.717) is 19.6 Å². The number of carbonyl (C=O) groups is 1. The van der Waals surface area contributed by atoms with Gasteiger partial charge in [0.15, 0.2) is 0 Å².